The van der Waals surface area contributed by atoms with Crippen LogP contribution in [0.1, 0.15) is 26.0 Å². The van der Waals surface area contributed by atoms with Gasteiger partial charge >= 0.3 is 0 Å². The van der Waals surface area contributed by atoms with E-state index < -0.39 is 14.9 Å². The van der Waals surface area contributed by atoms with E-state index in [0.717, 1.165) is 23.8 Å². The number of imidazole rings is 1. The molecular weight excluding hydrogens is 430 g/mol. The van der Waals surface area contributed by atoms with Crippen molar-refractivity contribution in [3.05, 3.63) is 64.6 Å². The van der Waals surface area contributed by atoms with E-state index in [1.165, 1.54) is 16.4 Å². The van der Waals surface area contributed by atoms with Crippen LogP contribution in [0.3, 0.4) is 0 Å². The highest BCUT2D eigenvalue weighted by Gasteiger charge is 2.33. The van der Waals surface area contributed by atoms with Crippen LogP contribution >= 0.6 is 0 Å². The number of rotatable bonds is 7. The second kappa shape index (κ2) is 8.87. The quantitative estimate of drug-likeness (QED) is 0.429. The molecule has 0 amide bonds. The van der Waals surface area contributed by atoms with E-state index in [2.05, 4.69) is 10.3 Å². The first-order chi connectivity index (χ1) is 15.2. The SMILES string of the molecule is C[C@H]1C[C@H](C)CN(S(=O)(=O)c2ccc(NCCc3cn4ccccc4n3)c([N+](=O)[O-])c2)C1. The Balaban J connectivity index is 1.50. The van der Waals surface area contributed by atoms with Gasteiger partial charge in [0.2, 0.25) is 10.0 Å². The van der Waals surface area contributed by atoms with Crippen molar-refractivity contribution in [3.63, 3.8) is 0 Å². The third kappa shape index (κ3) is 4.61. The van der Waals surface area contributed by atoms with Crippen LogP contribution in [-0.4, -0.2) is 46.7 Å². The summed E-state index contributed by atoms with van der Waals surface area (Å²) in [6.07, 6.45) is 5.37. The van der Waals surface area contributed by atoms with Crippen LogP contribution in [0.5, 0.6) is 0 Å². The molecular formula is C22H27N5O4S. The highest BCUT2D eigenvalue weighted by molar-refractivity contribution is 7.89. The summed E-state index contributed by atoms with van der Waals surface area (Å²) in [7, 11) is -3.79. The Morgan fingerprint density at radius 2 is 1.94 bits per heavy atom. The third-order valence-electron chi connectivity index (χ3n) is 5.75. The second-order valence-corrected chi connectivity index (χ2v) is 10.5. The van der Waals surface area contributed by atoms with Crippen molar-refractivity contribution in [2.75, 3.05) is 25.0 Å². The minimum Gasteiger partial charge on any atom is -0.379 e. The fraction of sp³-hybridized carbons (Fsp3) is 0.409. The fourth-order valence-corrected chi connectivity index (χ4v) is 6.06. The molecule has 0 bridgehead atoms. The maximum absolute atomic E-state index is 13.1. The largest absolute Gasteiger partial charge is 0.379 e. The van der Waals surface area contributed by atoms with E-state index in [-0.39, 0.29) is 28.1 Å². The van der Waals surface area contributed by atoms with Gasteiger partial charge in [-0.05, 0) is 42.5 Å². The summed E-state index contributed by atoms with van der Waals surface area (Å²) in [5.41, 5.74) is 1.74. The first-order valence-corrected chi connectivity index (χ1v) is 12.1. The number of nitrogens with zero attached hydrogens (tertiary/aromatic N) is 4. The maximum atomic E-state index is 13.1. The molecule has 2 aromatic heterocycles. The monoisotopic (exact) mass is 457 g/mol. The molecule has 1 N–H and O–H groups in total. The lowest BCUT2D eigenvalue weighted by Gasteiger charge is -2.34. The van der Waals surface area contributed by atoms with Gasteiger partial charge in [-0.15, -0.1) is 0 Å². The average molecular weight is 458 g/mol. The predicted molar refractivity (Wildman–Crippen MR) is 122 cm³/mol. The Morgan fingerprint density at radius 1 is 1.19 bits per heavy atom. The molecule has 1 saturated heterocycles. The third-order valence-corrected chi connectivity index (χ3v) is 7.58. The van der Waals surface area contributed by atoms with Crippen LogP contribution in [-0.2, 0) is 16.4 Å². The number of anilines is 1. The summed E-state index contributed by atoms with van der Waals surface area (Å²) < 4.78 is 29.6. The average Bonchev–Trinajstić information content (AvgIpc) is 3.16. The van der Waals surface area contributed by atoms with Gasteiger partial charge in [0.05, 0.1) is 15.5 Å². The number of sulfonamides is 1. The number of aromatic nitrogens is 2. The number of hydrogen-bond acceptors (Lipinski definition) is 6. The van der Waals surface area contributed by atoms with E-state index in [4.69, 9.17) is 0 Å². The first kappa shape index (κ1) is 22.2. The number of nitro groups is 1. The number of nitrogens with one attached hydrogen (secondary N) is 1. The molecule has 0 radical (unpaired) electrons. The molecule has 170 valence electrons. The van der Waals surface area contributed by atoms with Gasteiger partial charge in [-0.3, -0.25) is 10.1 Å². The lowest BCUT2D eigenvalue weighted by molar-refractivity contribution is -0.384. The zero-order valence-corrected chi connectivity index (χ0v) is 19.0. The predicted octanol–water partition coefficient (Wildman–Crippen LogP) is 3.56. The van der Waals surface area contributed by atoms with Gasteiger partial charge in [0.15, 0.2) is 0 Å². The molecule has 4 rings (SSSR count). The molecule has 1 aromatic carbocycles. The molecule has 1 aliphatic heterocycles. The van der Waals surface area contributed by atoms with Crippen molar-refractivity contribution in [1.82, 2.24) is 13.7 Å². The lowest BCUT2D eigenvalue weighted by Crippen LogP contribution is -2.42. The molecule has 2 atom stereocenters. The van der Waals surface area contributed by atoms with Gasteiger partial charge in [0, 0.05) is 44.5 Å². The van der Waals surface area contributed by atoms with Gasteiger partial charge < -0.3 is 9.72 Å². The fourth-order valence-electron chi connectivity index (χ4n) is 4.36. The van der Waals surface area contributed by atoms with Crippen LogP contribution < -0.4 is 5.32 Å². The second-order valence-electron chi connectivity index (χ2n) is 8.58. The Labute approximate surface area is 187 Å². The normalized spacial score (nSPS) is 19.8. The highest BCUT2D eigenvalue weighted by Crippen LogP contribution is 2.31. The van der Waals surface area contributed by atoms with E-state index >= 15 is 0 Å². The molecule has 9 nitrogen and oxygen atoms in total. The van der Waals surface area contributed by atoms with Crippen molar-refractivity contribution in [3.8, 4) is 0 Å². The van der Waals surface area contributed by atoms with E-state index in [1.807, 2.05) is 48.8 Å². The maximum Gasteiger partial charge on any atom is 0.293 e. The smallest absolute Gasteiger partial charge is 0.293 e. The van der Waals surface area contributed by atoms with Crippen LogP contribution in [0.2, 0.25) is 0 Å². The van der Waals surface area contributed by atoms with E-state index in [1.54, 1.807) is 0 Å². The minimum atomic E-state index is -3.79. The molecule has 10 heteroatoms. The molecule has 0 saturated carbocycles. The van der Waals surface area contributed by atoms with Crippen molar-refractivity contribution >= 4 is 27.0 Å². The van der Waals surface area contributed by atoms with Crippen LogP contribution in [0, 0.1) is 22.0 Å². The summed E-state index contributed by atoms with van der Waals surface area (Å²) in [6, 6.07) is 9.82. The van der Waals surface area contributed by atoms with Crippen LogP contribution in [0.4, 0.5) is 11.4 Å². The first-order valence-electron chi connectivity index (χ1n) is 10.7. The summed E-state index contributed by atoms with van der Waals surface area (Å²) in [6.45, 7) is 5.34. The summed E-state index contributed by atoms with van der Waals surface area (Å²) in [4.78, 5) is 15.6. The molecule has 3 aromatic rings. The van der Waals surface area contributed by atoms with Crippen LogP contribution in [0.15, 0.2) is 53.7 Å². The lowest BCUT2D eigenvalue weighted by atomic mass is 9.94. The molecule has 0 aliphatic carbocycles. The number of piperidine rings is 1. The minimum absolute atomic E-state index is 0.0450. The summed E-state index contributed by atoms with van der Waals surface area (Å²) in [5.74, 6) is 0.508. The topological polar surface area (TPSA) is 110 Å². The number of hydrogen-bond donors (Lipinski definition) is 1. The summed E-state index contributed by atoms with van der Waals surface area (Å²) in [5, 5.41) is 14.7. The Kier molecular flexibility index (Phi) is 6.16. The summed E-state index contributed by atoms with van der Waals surface area (Å²) >= 11 is 0. The van der Waals surface area contributed by atoms with Crippen LogP contribution in [0.25, 0.3) is 5.65 Å². The van der Waals surface area contributed by atoms with E-state index in [9.17, 15) is 18.5 Å². The van der Waals surface area contributed by atoms with Gasteiger partial charge in [0.25, 0.3) is 5.69 Å². The molecule has 1 fully saturated rings. The van der Waals surface area contributed by atoms with Crippen molar-refractivity contribution < 1.29 is 13.3 Å². The number of pyridine rings is 1. The number of benzene rings is 1. The van der Waals surface area contributed by atoms with Gasteiger partial charge in [0.1, 0.15) is 11.3 Å². The highest BCUT2D eigenvalue weighted by atomic mass is 32.2. The molecule has 0 unspecified atom stereocenters. The molecule has 0 spiro atoms. The Hall–Kier alpha value is -2.98. The molecule has 3 heterocycles. The number of fused-ring (bicyclic) bond motifs is 1. The van der Waals surface area contributed by atoms with E-state index in [0.29, 0.717) is 26.1 Å². The molecule has 1 aliphatic rings. The van der Waals surface area contributed by atoms with Crippen molar-refractivity contribution in [1.29, 1.82) is 0 Å². The zero-order valence-electron chi connectivity index (χ0n) is 18.1. The van der Waals surface area contributed by atoms with Crippen molar-refractivity contribution in [2.24, 2.45) is 11.8 Å². The Bertz CT molecular complexity index is 1200. The standard InChI is InChI=1S/C22H27N5O4S/c1-16-11-17(2)14-26(13-16)32(30,31)19-6-7-20(21(12-19)27(28)29)23-9-8-18-15-25-10-4-3-5-22(25)24-18/h3-7,10,12,15-17,23H,8-9,11,13-14H2,1-2H3/t16-,17-/m0/s1. The molecule has 32 heavy (non-hydrogen) atoms. The number of nitro benzene ring substituents is 1. The zero-order chi connectivity index (χ0) is 22.9. The van der Waals surface area contributed by atoms with Crippen molar-refractivity contribution in [2.45, 2.75) is 31.6 Å². The van der Waals surface area contributed by atoms with Gasteiger partial charge in [-0.2, -0.15) is 4.31 Å². The van der Waals surface area contributed by atoms with Gasteiger partial charge in [-0.25, -0.2) is 13.4 Å². The Morgan fingerprint density at radius 3 is 2.62 bits per heavy atom. The van der Waals surface area contributed by atoms with Gasteiger partial charge in [-0.1, -0.05) is 19.9 Å².